The molecule has 2 aliphatic rings. The molecule has 0 saturated carbocycles. The number of anilines is 1. The largest absolute Gasteiger partial charge is 0.310 e. The minimum atomic E-state index is -0.154. The summed E-state index contributed by atoms with van der Waals surface area (Å²) in [7, 11) is 0. The third-order valence-corrected chi connectivity index (χ3v) is 5.06. The van der Waals surface area contributed by atoms with E-state index in [9.17, 15) is 9.59 Å². The summed E-state index contributed by atoms with van der Waals surface area (Å²) in [4.78, 5) is 28.5. The Morgan fingerprint density at radius 1 is 1.17 bits per heavy atom. The van der Waals surface area contributed by atoms with Crippen molar-refractivity contribution in [2.75, 3.05) is 18.0 Å². The van der Waals surface area contributed by atoms with Crippen molar-refractivity contribution in [1.29, 1.82) is 0 Å². The molecule has 0 atom stereocenters. The van der Waals surface area contributed by atoms with E-state index in [0.29, 0.717) is 17.8 Å². The Bertz CT molecular complexity index is 856. The Balaban J connectivity index is 1.57. The van der Waals surface area contributed by atoms with E-state index in [2.05, 4.69) is 22.5 Å². The van der Waals surface area contributed by atoms with E-state index in [-0.39, 0.29) is 18.4 Å². The first kappa shape index (κ1) is 15.1. The van der Waals surface area contributed by atoms with E-state index in [4.69, 9.17) is 0 Å². The Labute approximate surface area is 148 Å². The van der Waals surface area contributed by atoms with Gasteiger partial charge in [-0.05, 0) is 36.2 Å². The molecule has 2 heterocycles. The van der Waals surface area contributed by atoms with E-state index in [1.165, 1.54) is 4.90 Å². The molecule has 0 unspecified atom stereocenters. The molecule has 0 aromatic heterocycles. The number of carbonyl (C=O) groups is 2. The van der Waals surface area contributed by atoms with Crippen LogP contribution in [0.1, 0.15) is 21.5 Å². The first-order chi connectivity index (χ1) is 11.6. The zero-order valence-electron chi connectivity index (χ0n) is 13.0. The molecule has 0 fully saturated rings. The summed E-state index contributed by atoms with van der Waals surface area (Å²) in [5, 5.41) is 0. The highest BCUT2D eigenvalue weighted by atomic mass is 79.9. The lowest BCUT2D eigenvalue weighted by atomic mass is 10.1. The summed E-state index contributed by atoms with van der Waals surface area (Å²) in [5.74, 6) is -0.238. The smallest absolute Gasteiger partial charge is 0.259 e. The molecule has 2 aromatic carbocycles. The lowest BCUT2D eigenvalue weighted by Crippen LogP contribution is -2.39. The number of amides is 2. The Morgan fingerprint density at radius 3 is 2.67 bits per heavy atom. The van der Waals surface area contributed by atoms with Crippen molar-refractivity contribution in [1.82, 2.24) is 4.90 Å². The maximum Gasteiger partial charge on any atom is 0.259 e. The van der Waals surface area contributed by atoms with Gasteiger partial charge >= 0.3 is 0 Å². The lowest BCUT2D eigenvalue weighted by molar-refractivity contribution is -0.118. The Hall–Kier alpha value is -2.40. The van der Waals surface area contributed by atoms with Crippen molar-refractivity contribution < 1.29 is 9.59 Å². The maximum atomic E-state index is 12.8. The van der Waals surface area contributed by atoms with Crippen LogP contribution in [0.3, 0.4) is 0 Å². The van der Waals surface area contributed by atoms with Crippen LogP contribution in [0.15, 0.2) is 53.5 Å². The van der Waals surface area contributed by atoms with E-state index in [1.54, 1.807) is 11.0 Å². The molecule has 2 aromatic rings. The molecule has 120 valence electrons. The molecule has 0 spiro atoms. The van der Waals surface area contributed by atoms with Crippen molar-refractivity contribution in [2.45, 2.75) is 6.42 Å². The predicted octanol–water partition coefficient (Wildman–Crippen LogP) is 3.46. The van der Waals surface area contributed by atoms with Crippen molar-refractivity contribution in [3.63, 3.8) is 0 Å². The second-order valence-electron chi connectivity index (χ2n) is 5.95. The molecule has 0 N–H and O–H groups in total. The molecule has 0 radical (unpaired) electrons. The highest BCUT2D eigenvalue weighted by Crippen LogP contribution is 2.33. The maximum absolute atomic E-state index is 12.8. The van der Waals surface area contributed by atoms with Gasteiger partial charge in [0, 0.05) is 33.5 Å². The first-order valence-corrected chi connectivity index (χ1v) is 8.54. The fourth-order valence-electron chi connectivity index (χ4n) is 3.35. The highest BCUT2D eigenvalue weighted by Gasteiger charge is 2.34. The van der Waals surface area contributed by atoms with Gasteiger partial charge in [0.1, 0.15) is 6.54 Å². The molecule has 0 aliphatic carbocycles. The van der Waals surface area contributed by atoms with Gasteiger partial charge in [-0.1, -0.05) is 40.7 Å². The SMILES string of the molecule is C=C1c2ccccc2C(=O)N1CC(=O)N1CCc2cc(Br)ccc21. The molecule has 5 heteroatoms. The zero-order valence-corrected chi connectivity index (χ0v) is 14.5. The van der Waals surface area contributed by atoms with Gasteiger partial charge in [0.05, 0.1) is 0 Å². The van der Waals surface area contributed by atoms with Gasteiger partial charge in [0.2, 0.25) is 5.91 Å². The molecule has 4 rings (SSSR count). The highest BCUT2D eigenvalue weighted by molar-refractivity contribution is 9.10. The van der Waals surface area contributed by atoms with Gasteiger partial charge in [-0.25, -0.2) is 0 Å². The third-order valence-electron chi connectivity index (χ3n) is 4.57. The topological polar surface area (TPSA) is 40.6 Å². The standard InChI is InChI=1S/C19H15BrN2O2/c1-12-15-4-2-3-5-16(15)19(24)22(12)11-18(23)21-9-8-13-10-14(20)6-7-17(13)21/h2-7,10H,1,8-9,11H2. The molecule has 2 amide bonds. The number of benzene rings is 2. The van der Waals surface area contributed by atoms with Gasteiger partial charge in [0.25, 0.3) is 5.91 Å². The number of hydrogen-bond donors (Lipinski definition) is 0. The lowest BCUT2D eigenvalue weighted by Gasteiger charge is -2.22. The molecule has 4 nitrogen and oxygen atoms in total. The van der Waals surface area contributed by atoms with Crippen molar-refractivity contribution >= 4 is 39.1 Å². The van der Waals surface area contributed by atoms with Crippen LogP contribution in [0.25, 0.3) is 5.70 Å². The van der Waals surface area contributed by atoms with E-state index in [1.807, 2.05) is 36.4 Å². The normalized spacial score (nSPS) is 15.7. The summed E-state index contributed by atoms with van der Waals surface area (Å²) in [5.41, 5.74) is 4.09. The monoisotopic (exact) mass is 382 g/mol. The first-order valence-electron chi connectivity index (χ1n) is 7.75. The summed E-state index contributed by atoms with van der Waals surface area (Å²) >= 11 is 3.46. The van der Waals surface area contributed by atoms with Crippen LogP contribution >= 0.6 is 15.9 Å². The van der Waals surface area contributed by atoms with Gasteiger partial charge in [-0.15, -0.1) is 0 Å². The van der Waals surface area contributed by atoms with Crippen LogP contribution in [0.4, 0.5) is 5.69 Å². The Kier molecular flexibility index (Phi) is 3.53. The molecule has 24 heavy (non-hydrogen) atoms. The van der Waals surface area contributed by atoms with Crippen molar-refractivity contribution in [3.8, 4) is 0 Å². The van der Waals surface area contributed by atoms with Gasteiger partial charge in [-0.2, -0.15) is 0 Å². The average molecular weight is 383 g/mol. The minimum Gasteiger partial charge on any atom is -0.310 e. The van der Waals surface area contributed by atoms with E-state index < -0.39 is 0 Å². The molecular formula is C19H15BrN2O2. The van der Waals surface area contributed by atoms with Crippen LogP contribution in [-0.4, -0.2) is 29.8 Å². The fourth-order valence-corrected chi connectivity index (χ4v) is 3.76. The van der Waals surface area contributed by atoms with Crippen molar-refractivity contribution in [2.24, 2.45) is 0 Å². The van der Waals surface area contributed by atoms with E-state index >= 15 is 0 Å². The summed E-state index contributed by atoms with van der Waals surface area (Å²) in [6, 6.07) is 13.2. The fraction of sp³-hybridized carbons (Fsp3) is 0.158. The molecule has 0 saturated heterocycles. The zero-order chi connectivity index (χ0) is 16.8. The number of nitrogens with zero attached hydrogens (tertiary/aromatic N) is 2. The van der Waals surface area contributed by atoms with Crippen LogP contribution in [0.2, 0.25) is 0 Å². The summed E-state index contributed by atoms with van der Waals surface area (Å²) < 4.78 is 1.01. The third kappa shape index (κ3) is 2.27. The van der Waals surface area contributed by atoms with Gasteiger partial charge < -0.3 is 4.90 Å². The summed E-state index contributed by atoms with van der Waals surface area (Å²) in [6.45, 7) is 4.65. The number of rotatable bonds is 2. The number of carbonyl (C=O) groups excluding carboxylic acids is 2. The van der Waals surface area contributed by atoms with E-state index in [0.717, 1.165) is 27.7 Å². The quantitative estimate of drug-likeness (QED) is 0.797. The summed E-state index contributed by atoms with van der Waals surface area (Å²) in [6.07, 6.45) is 0.829. The number of hydrogen-bond acceptors (Lipinski definition) is 2. The van der Waals surface area contributed by atoms with Crippen LogP contribution in [-0.2, 0) is 11.2 Å². The molecule has 0 bridgehead atoms. The average Bonchev–Trinajstić information content (AvgIpc) is 3.10. The second kappa shape index (κ2) is 5.60. The van der Waals surface area contributed by atoms with Crippen molar-refractivity contribution in [3.05, 3.63) is 70.2 Å². The van der Waals surface area contributed by atoms with Crippen LogP contribution < -0.4 is 4.90 Å². The van der Waals surface area contributed by atoms with Crippen LogP contribution in [0, 0.1) is 0 Å². The predicted molar refractivity (Wildman–Crippen MR) is 96.7 cm³/mol. The van der Waals surface area contributed by atoms with Gasteiger partial charge in [-0.3, -0.25) is 14.5 Å². The second-order valence-corrected chi connectivity index (χ2v) is 6.87. The van der Waals surface area contributed by atoms with Gasteiger partial charge in [0.15, 0.2) is 0 Å². The number of fused-ring (bicyclic) bond motifs is 2. The molecule has 2 aliphatic heterocycles. The minimum absolute atomic E-state index is 0.0157. The van der Waals surface area contributed by atoms with Crippen LogP contribution in [0.5, 0.6) is 0 Å². The Morgan fingerprint density at radius 2 is 1.92 bits per heavy atom. The molecular weight excluding hydrogens is 368 g/mol. The number of halogens is 1.